The van der Waals surface area contributed by atoms with Crippen LogP contribution < -0.4 is 5.32 Å². The fourth-order valence-electron chi connectivity index (χ4n) is 3.18. The molecule has 0 radical (unpaired) electrons. The predicted molar refractivity (Wildman–Crippen MR) is 95.9 cm³/mol. The van der Waals surface area contributed by atoms with Gasteiger partial charge in [0.1, 0.15) is 0 Å². The Morgan fingerprint density at radius 1 is 1.14 bits per heavy atom. The lowest BCUT2D eigenvalue weighted by Crippen LogP contribution is -2.56. The van der Waals surface area contributed by atoms with E-state index in [-0.39, 0.29) is 24.8 Å². The number of benzene rings is 1. The highest BCUT2D eigenvalue weighted by molar-refractivity contribution is 6.30. The van der Waals surface area contributed by atoms with Crippen molar-refractivity contribution in [3.05, 3.63) is 40.9 Å². The molecule has 4 rings (SSSR count). The van der Waals surface area contributed by atoms with Gasteiger partial charge in [-0.2, -0.15) is 0 Å². The minimum atomic E-state index is 0. The monoisotopic (exact) mass is 348 g/mol. The summed E-state index contributed by atoms with van der Waals surface area (Å²) in [6, 6.07) is 8.65. The molecule has 3 aliphatic heterocycles. The van der Waals surface area contributed by atoms with Crippen LogP contribution in [0.5, 0.6) is 0 Å². The summed E-state index contributed by atoms with van der Waals surface area (Å²) in [5, 5.41) is 4.47. The van der Waals surface area contributed by atoms with Crippen LogP contribution in [0, 0.1) is 5.92 Å². The molecule has 1 aromatic carbocycles. The van der Waals surface area contributed by atoms with E-state index in [9.17, 15) is 0 Å². The van der Waals surface area contributed by atoms with Crippen molar-refractivity contribution < 1.29 is 0 Å². The van der Waals surface area contributed by atoms with Crippen LogP contribution >= 0.6 is 36.4 Å². The summed E-state index contributed by atoms with van der Waals surface area (Å²) in [7, 11) is 0. The minimum absolute atomic E-state index is 0. The number of fused-ring (bicyclic) bond motifs is 3. The SMILES string of the molecule is Cl.Cl.Clc1ccc(/C=C/CNC2CN3CCC2CC3)cc1. The maximum atomic E-state index is 5.87. The first-order valence-corrected chi connectivity index (χ1v) is 7.57. The van der Waals surface area contributed by atoms with E-state index in [2.05, 4.69) is 22.4 Å². The van der Waals surface area contributed by atoms with Crippen LogP contribution in [0.2, 0.25) is 5.02 Å². The lowest BCUT2D eigenvalue weighted by Gasteiger charge is -2.45. The first-order valence-electron chi connectivity index (χ1n) is 7.19. The van der Waals surface area contributed by atoms with Gasteiger partial charge in [0, 0.05) is 24.2 Å². The quantitative estimate of drug-likeness (QED) is 0.887. The molecule has 1 atom stereocenters. The molecule has 1 unspecified atom stereocenters. The standard InChI is InChI=1S/C16H21ClN2.2ClH/c17-15-5-3-13(4-6-15)2-1-9-18-16-12-19-10-7-14(16)8-11-19;;/h1-6,14,16,18H,7-12H2;2*1H/b2-1+;;. The zero-order valence-electron chi connectivity index (χ0n) is 12.0. The largest absolute Gasteiger partial charge is 0.309 e. The van der Waals surface area contributed by atoms with Crippen molar-refractivity contribution in [3.63, 3.8) is 0 Å². The van der Waals surface area contributed by atoms with Gasteiger partial charge in [0.25, 0.3) is 0 Å². The van der Waals surface area contributed by atoms with E-state index >= 15 is 0 Å². The molecule has 0 amide bonds. The van der Waals surface area contributed by atoms with E-state index in [4.69, 9.17) is 11.6 Å². The highest BCUT2D eigenvalue weighted by atomic mass is 35.5. The van der Waals surface area contributed by atoms with E-state index in [0.29, 0.717) is 6.04 Å². The minimum Gasteiger partial charge on any atom is -0.309 e. The Kier molecular flexibility index (Phi) is 8.07. The maximum Gasteiger partial charge on any atom is 0.0406 e. The zero-order chi connectivity index (χ0) is 13.1. The molecule has 3 saturated heterocycles. The lowest BCUT2D eigenvalue weighted by molar-refractivity contribution is 0.0745. The summed E-state index contributed by atoms with van der Waals surface area (Å²) in [6.07, 6.45) is 7.11. The first kappa shape index (κ1) is 18.8. The normalized spacial score (nSPS) is 27.2. The smallest absolute Gasteiger partial charge is 0.0406 e. The number of nitrogens with one attached hydrogen (secondary N) is 1. The molecule has 2 bridgehead atoms. The van der Waals surface area contributed by atoms with Gasteiger partial charge in [0.15, 0.2) is 0 Å². The fourth-order valence-corrected chi connectivity index (χ4v) is 3.31. The summed E-state index contributed by atoms with van der Waals surface area (Å²) in [4.78, 5) is 2.58. The highest BCUT2D eigenvalue weighted by Gasteiger charge is 2.33. The van der Waals surface area contributed by atoms with Crippen LogP contribution in [-0.2, 0) is 0 Å². The van der Waals surface area contributed by atoms with Gasteiger partial charge in [-0.3, -0.25) is 0 Å². The third-order valence-electron chi connectivity index (χ3n) is 4.33. The van der Waals surface area contributed by atoms with Crippen molar-refractivity contribution in [3.8, 4) is 0 Å². The van der Waals surface area contributed by atoms with Crippen molar-refractivity contribution in [2.75, 3.05) is 26.2 Å². The molecule has 118 valence electrons. The average Bonchev–Trinajstić information content (AvgIpc) is 2.47. The molecule has 1 N–H and O–H groups in total. The Balaban J connectivity index is 0.00000110. The van der Waals surface area contributed by atoms with Crippen LogP contribution in [0.3, 0.4) is 0 Å². The molecule has 0 aliphatic carbocycles. The Morgan fingerprint density at radius 2 is 1.81 bits per heavy atom. The molecule has 3 heterocycles. The van der Waals surface area contributed by atoms with Gasteiger partial charge in [0.2, 0.25) is 0 Å². The maximum absolute atomic E-state index is 5.87. The van der Waals surface area contributed by atoms with Crippen molar-refractivity contribution in [1.82, 2.24) is 10.2 Å². The highest BCUT2D eigenvalue weighted by Crippen LogP contribution is 2.27. The van der Waals surface area contributed by atoms with Gasteiger partial charge in [-0.05, 0) is 49.5 Å². The fraction of sp³-hybridized carbons (Fsp3) is 0.500. The molecular formula is C16H23Cl3N2. The molecular weight excluding hydrogens is 327 g/mol. The van der Waals surface area contributed by atoms with Crippen molar-refractivity contribution in [2.24, 2.45) is 5.92 Å². The Morgan fingerprint density at radius 3 is 2.38 bits per heavy atom. The van der Waals surface area contributed by atoms with Crippen LogP contribution in [0.25, 0.3) is 6.08 Å². The second-order valence-corrected chi connectivity index (χ2v) is 6.04. The number of nitrogens with zero attached hydrogens (tertiary/aromatic N) is 1. The van der Waals surface area contributed by atoms with E-state index in [1.807, 2.05) is 24.3 Å². The van der Waals surface area contributed by atoms with Gasteiger partial charge >= 0.3 is 0 Å². The summed E-state index contributed by atoms with van der Waals surface area (Å²) in [6.45, 7) is 4.81. The molecule has 0 saturated carbocycles. The summed E-state index contributed by atoms with van der Waals surface area (Å²) in [5.74, 6) is 0.897. The number of hydrogen-bond donors (Lipinski definition) is 1. The van der Waals surface area contributed by atoms with E-state index < -0.39 is 0 Å². The van der Waals surface area contributed by atoms with Gasteiger partial charge < -0.3 is 10.2 Å². The second-order valence-electron chi connectivity index (χ2n) is 5.61. The summed E-state index contributed by atoms with van der Waals surface area (Å²) < 4.78 is 0. The van der Waals surface area contributed by atoms with Gasteiger partial charge in [-0.1, -0.05) is 35.9 Å². The van der Waals surface area contributed by atoms with Crippen molar-refractivity contribution in [1.29, 1.82) is 0 Å². The summed E-state index contributed by atoms with van der Waals surface area (Å²) in [5.41, 5.74) is 1.21. The van der Waals surface area contributed by atoms with Crippen molar-refractivity contribution >= 4 is 42.5 Å². The second kappa shape index (κ2) is 9.02. The topological polar surface area (TPSA) is 15.3 Å². The van der Waals surface area contributed by atoms with Gasteiger partial charge in [-0.15, -0.1) is 24.8 Å². The Labute approximate surface area is 144 Å². The van der Waals surface area contributed by atoms with Gasteiger partial charge in [0.05, 0.1) is 0 Å². The van der Waals surface area contributed by atoms with Crippen molar-refractivity contribution in [2.45, 2.75) is 18.9 Å². The molecule has 0 aromatic heterocycles. The average molecular weight is 350 g/mol. The Bertz CT molecular complexity index is 439. The zero-order valence-corrected chi connectivity index (χ0v) is 14.4. The molecule has 2 nitrogen and oxygen atoms in total. The third-order valence-corrected chi connectivity index (χ3v) is 4.59. The summed E-state index contributed by atoms with van der Waals surface area (Å²) >= 11 is 5.87. The number of rotatable bonds is 4. The van der Waals surface area contributed by atoms with Gasteiger partial charge in [-0.25, -0.2) is 0 Å². The van der Waals surface area contributed by atoms with Crippen LogP contribution in [0.1, 0.15) is 18.4 Å². The van der Waals surface area contributed by atoms with Crippen LogP contribution in [0.15, 0.2) is 30.3 Å². The third kappa shape index (κ3) is 5.15. The molecule has 1 aromatic rings. The van der Waals surface area contributed by atoms with E-state index in [1.54, 1.807) is 0 Å². The van der Waals surface area contributed by atoms with Crippen LogP contribution in [0.4, 0.5) is 0 Å². The molecule has 3 fully saturated rings. The number of halogens is 3. The van der Waals surface area contributed by atoms with E-state index in [0.717, 1.165) is 17.5 Å². The number of hydrogen-bond acceptors (Lipinski definition) is 2. The number of piperidine rings is 3. The lowest BCUT2D eigenvalue weighted by atomic mass is 9.84. The Hall–Kier alpha value is -0.250. The van der Waals surface area contributed by atoms with E-state index in [1.165, 1.54) is 38.0 Å². The molecule has 5 heteroatoms. The van der Waals surface area contributed by atoms with Crippen LogP contribution in [-0.4, -0.2) is 37.1 Å². The molecule has 3 aliphatic rings. The molecule has 0 spiro atoms. The predicted octanol–water partition coefficient (Wildman–Crippen LogP) is 3.88. The molecule has 21 heavy (non-hydrogen) atoms. The first-order chi connectivity index (χ1) is 9.31.